The van der Waals surface area contributed by atoms with Crippen molar-refractivity contribution in [1.82, 2.24) is 9.88 Å². The molecule has 1 unspecified atom stereocenters. The Kier molecular flexibility index (Phi) is 2.91. The molecule has 1 saturated carbocycles. The first kappa shape index (κ1) is 12.7. The number of pyridine rings is 1. The van der Waals surface area contributed by atoms with Crippen LogP contribution in [0.25, 0.3) is 0 Å². The molecule has 2 fully saturated rings. The van der Waals surface area contributed by atoms with Gasteiger partial charge in [0.15, 0.2) is 0 Å². The number of hydrogen-bond donors (Lipinski definition) is 2. The average molecular weight is 282 g/mol. The number of urea groups is 1. The Balaban J connectivity index is 1.68. The molecule has 0 aromatic carbocycles. The number of aryl methyl sites for hydroxylation is 1. The highest BCUT2D eigenvalue weighted by molar-refractivity contribution is 6.29. The Bertz CT molecular complexity index is 531. The van der Waals surface area contributed by atoms with Crippen molar-refractivity contribution in [2.75, 3.05) is 18.4 Å². The second-order valence-corrected chi connectivity index (χ2v) is 5.90. The Labute approximate surface area is 116 Å². The fourth-order valence-corrected chi connectivity index (χ4v) is 2.82. The van der Waals surface area contributed by atoms with E-state index in [0.717, 1.165) is 18.4 Å². The van der Waals surface area contributed by atoms with Crippen molar-refractivity contribution < 1.29 is 9.90 Å². The van der Waals surface area contributed by atoms with Crippen LogP contribution in [-0.4, -0.2) is 40.2 Å². The van der Waals surface area contributed by atoms with Gasteiger partial charge < -0.3 is 15.3 Å². The minimum absolute atomic E-state index is 0.0232. The zero-order chi connectivity index (χ0) is 13.6. The normalized spacial score (nSPS) is 23.7. The molecular weight excluding hydrogens is 266 g/mol. The topological polar surface area (TPSA) is 65.5 Å². The van der Waals surface area contributed by atoms with Crippen molar-refractivity contribution in [3.8, 4) is 0 Å². The number of nitrogens with one attached hydrogen (secondary N) is 1. The summed E-state index contributed by atoms with van der Waals surface area (Å²) >= 11 is 5.78. The molecular formula is C13H16ClN3O2. The molecule has 2 N–H and O–H groups in total. The SMILES string of the molecule is Cc1cc(Cl)ncc1NC(=O)N1CC(O)C2(CC2)C1. The van der Waals surface area contributed by atoms with E-state index in [0.29, 0.717) is 23.9 Å². The molecule has 1 aliphatic heterocycles. The van der Waals surface area contributed by atoms with Gasteiger partial charge in [-0.3, -0.25) is 0 Å². The molecule has 3 rings (SSSR count). The van der Waals surface area contributed by atoms with E-state index in [9.17, 15) is 9.90 Å². The fourth-order valence-electron chi connectivity index (χ4n) is 2.61. The second kappa shape index (κ2) is 4.35. The molecule has 0 radical (unpaired) electrons. The van der Waals surface area contributed by atoms with Crippen LogP contribution in [0, 0.1) is 12.3 Å². The number of aliphatic hydroxyl groups excluding tert-OH is 1. The van der Waals surface area contributed by atoms with Gasteiger partial charge in [0.05, 0.1) is 18.0 Å². The predicted molar refractivity (Wildman–Crippen MR) is 72.2 cm³/mol. The molecule has 102 valence electrons. The number of aromatic nitrogens is 1. The lowest BCUT2D eigenvalue weighted by Gasteiger charge is -2.17. The maximum Gasteiger partial charge on any atom is 0.322 e. The molecule has 1 spiro atoms. The van der Waals surface area contributed by atoms with Gasteiger partial charge in [-0.25, -0.2) is 9.78 Å². The summed E-state index contributed by atoms with van der Waals surface area (Å²) in [6.07, 6.45) is 3.19. The molecule has 5 nitrogen and oxygen atoms in total. The summed E-state index contributed by atoms with van der Waals surface area (Å²) in [5.41, 5.74) is 1.50. The number of anilines is 1. The zero-order valence-electron chi connectivity index (χ0n) is 10.7. The summed E-state index contributed by atoms with van der Waals surface area (Å²) in [7, 11) is 0. The van der Waals surface area contributed by atoms with Crippen LogP contribution in [0.4, 0.5) is 10.5 Å². The summed E-state index contributed by atoms with van der Waals surface area (Å²) in [6.45, 7) is 2.91. The highest BCUT2D eigenvalue weighted by Gasteiger charge is 2.55. The number of amides is 2. The largest absolute Gasteiger partial charge is 0.391 e. The number of carbonyl (C=O) groups is 1. The third-order valence-electron chi connectivity index (χ3n) is 4.10. The van der Waals surface area contributed by atoms with Crippen LogP contribution in [0.1, 0.15) is 18.4 Å². The number of hydrogen-bond acceptors (Lipinski definition) is 3. The van der Waals surface area contributed by atoms with E-state index < -0.39 is 0 Å². The van der Waals surface area contributed by atoms with E-state index in [-0.39, 0.29) is 17.6 Å². The van der Waals surface area contributed by atoms with E-state index in [1.165, 1.54) is 0 Å². The van der Waals surface area contributed by atoms with E-state index in [4.69, 9.17) is 11.6 Å². The lowest BCUT2D eigenvalue weighted by atomic mass is 10.0. The van der Waals surface area contributed by atoms with Crippen LogP contribution in [0.15, 0.2) is 12.3 Å². The van der Waals surface area contributed by atoms with Gasteiger partial charge in [-0.2, -0.15) is 0 Å². The highest BCUT2D eigenvalue weighted by atomic mass is 35.5. The van der Waals surface area contributed by atoms with Gasteiger partial charge >= 0.3 is 6.03 Å². The summed E-state index contributed by atoms with van der Waals surface area (Å²) in [5, 5.41) is 13.2. The van der Waals surface area contributed by atoms with E-state index in [2.05, 4.69) is 10.3 Å². The zero-order valence-corrected chi connectivity index (χ0v) is 11.4. The molecule has 0 bridgehead atoms. The van der Waals surface area contributed by atoms with Crippen LogP contribution in [0.3, 0.4) is 0 Å². The summed E-state index contributed by atoms with van der Waals surface area (Å²) in [6, 6.07) is 1.52. The minimum atomic E-state index is -0.386. The fraction of sp³-hybridized carbons (Fsp3) is 0.538. The maximum atomic E-state index is 12.2. The second-order valence-electron chi connectivity index (χ2n) is 5.51. The molecule has 1 atom stereocenters. The third-order valence-corrected chi connectivity index (χ3v) is 4.31. The molecule has 1 saturated heterocycles. The van der Waals surface area contributed by atoms with Crippen molar-refractivity contribution in [1.29, 1.82) is 0 Å². The molecule has 2 amide bonds. The number of β-amino-alcohol motifs (C(OH)–C–C–N with tert-alkyl or cyclic N) is 1. The Morgan fingerprint density at radius 2 is 2.37 bits per heavy atom. The maximum absolute atomic E-state index is 12.2. The molecule has 1 aliphatic carbocycles. The van der Waals surface area contributed by atoms with E-state index >= 15 is 0 Å². The van der Waals surface area contributed by atoms with Crippen LogP contribution in [0.2, 0.25) is 5.15 Å². The molecule has 6 heteroatoms. The van der Waals surface area contributed by atoms with E-state index in [1.807, 2.05) is 6.92 Å². The van der Waals surface area contributed by atoms with Crippen LogP contribution in [-0.2, 0) is 0 Å². The molecule has 1 aromatic heterocycles. The summed E-state index contributed by atoms with van der Waals surface area (Å²) in [5.74, 6) is 0. The van der Waals surface area contributed by atoms with Crippen molar-refractivity contribution in [3.05, 3.63) is 23.0 Å². The van der Waals surface area contributed by atoms with Gasteiger partial charge in [0, 0.05) is 18.5 Å². The minimum Gasteiger partial charge on any atom is -0.391 e. The first-order valence-electron chi connectivity index (χ1n) is 6.36. The van der Waals surface area contributed by atoms with Crippen LogP contribution in [0.5, 0.6) is 0 Å². The number of rotatable bonds is 1. The number of aliphatic hydroxyl groups is 1. The lowest BCUT2D eigenvalue weighted by molar-refractivity contribution is 0.132. The van der Waals surface area contributed by atoms with E-state index in [1.54, 1.807) is 17.2 Å². The first-order chi connectivity index (χ1) is 9.00. The molecule has 1 aromatic rings. The van der Waals surface area contributed by atoms with Crippen molar-refractivity contribution in [2.45, 2.75) is 25.9 Å². The number of halogens is 1. The molecule has 2 heterocycles. The van der Waals surface area contributed by atoms with Crippen molar-refractivity contribution in [3.63, 3.8) is 0 Å². The quantitative estimate of drug-likeness (QED) is 0.774. The van der Waals surface area contributed by atoms with Gasteiger partial charge in [0.25, 0.3) is 0 Å². The van der Waals surface area contributed by atoms with Gasteiger partial charge in [-0.1, -0.05) is 11.6 Å². The van der Waals surface area contributed by atoms with Crippen LogP contribution >= 0.6 is 11.6 Å². The predicted octanol–water partition coefficient (Wildman–Crippen LogP) is 2.03. The van der Waals surface area contributed by atoms with Crippen LogP contribution < -0.4 is 5.32 Å². The smallest absolute Gasteiger partial charge is 0.322 e. The first-order valence-corrected chi connectivity index (χ1v) is 6.74. The number of likely N-dealkylation sites (tertiary alicyclic amines) is 1. The molecule has 19 heavy (non-hydrogen) atoms. The number of carbonyl (C=O) groups excluding carboxylic acids is 1. The summed E-state index contributed by atoms with van der Waals surface area (Å²) in [4.78, 5) is 17.8. The Morgan fingerprint density at radius 3 is 2.95 bits per heavy atom. The van der Waals surface area contributed by atoms with Crippen molar-refractivity contribution >= 4 is 23.3 Å². The van der Waals surface area contributed by atoms with Gasteiger partial charge in [0.1, 0.15) is 5.15 Å². The number of nitrogens with zero attached hydrogens (tertiary/aromatic N) is 2. The highest BCUT2D eigenvalue weighted by Crippen LogP contribution is 2.52. The van der Waals surface area contributed by atoms with Gasteiger partial charge in [0.2, 0.25) is 0 Å². The Hall–Kier alpha value is -1.33. The molecule has 2 aliphatic rings. The average Bonchev–Trinajstić information content (AvgIpc) is 3.05. The van der Waals surface area contributed by atoms with Crippen molar-refractivity contribution in [2.24, 2.45) is 5.41 Å². The van der Waals surface area contributed by atoms with Gasteiger partial charge in [-0.15, -0.1) is 0 Å². The Morgan fingerprint density at radius 1 is 1.63 bits per heavy atom. The summed E-state index contributed by atoms with van der Waals surface area (Å²) < 4.78 is 0. The lowest BCUT2D eigenvalue weighted by Crippen LogP contribution is -2.34. The third kappa shape index (κ3) is 2.28. The van der Waals surface area contributed by atoms with Gasteiger partial charge in [-0.05, 0) is 31.4 Å². The monoisotopic (exact) mass is 281 g/mol. The standard InChI is InChI=1S/C13H16ClN3O2/c1-8-4-11(14)15-5-9(8)16-12(19)17-6-10(18)13(7-17)2-3-13/h4-5,10,18H,2-3,6-7H2,1H3,(H,16,19).